The molecular formula is C6H6NO7S-. The smallest absolute Gasteiger partial charge is 0.330 e. The van der Waals surface area contributed by atoms with E-state index in [1.807, 2.05) is 0 Å². The molecule has 0 aromatic heterocycles. The number of amides is 2. The van der Waals surface area contributed by atoms with Crippen molar-refractivity contribution in [3.8, 4) is 0 Å². The molecular weight excluding hydrogens is 230 g/mol. The Morgan fingerprint density at radius 3 is 2.80 bits per heavy atom. The Bertz CT molecular complexity index is 293. The Morgan fingerprint density at radius 1 is 1.60 bits per heavy atom. The normalized spacial score (nSPS) is 20.9. The van der Waals surface area contributed by atoms with Gasteiger partial charge in [-0.05, 0) is 0 Å². The average molecular weight is 236 g/mol. The number of hydrogen-bond acceptors (Lipinski definition) is 8. The number of imide groups is 1. The van der Waals surface area contributed by atoms with Crippen LogP contribution in [0.4, 0.5) is 0 Å². The predicted molar refractivity (Wildman–Crippen MR) is 41.8 cm³/mol. The first-order valence-electron chi connectivity index (χ1n) is 3.73. The van der Waals surface area contributed by atoms with E-state index in [4.69, 9.17) is 0 Å². The van der Waals surface area contributed by atoms with Crippen LogP contribution in [0.2, 0.25) is 0 Å². The zero-order valence-corrected chi connectivity index (χ0v) is 8.31. The Labute approximate surface area is 88.1 Å². The molecule has 2 amide bonds. The van der Waals surface area contributed by atoms with Crippen LogP contribution in [0.15, 0.2) is 0 Å². The minimum Gasteiger partial charge on any atom is -0.691 e. The van der Waals surface area contributed by atoms with E-state index in [1.54, 1.807) is 0 Å². The summed E-state index contributed by atoms with van der Waals surface area (Å²) in [6.45, 7) is 1.05. The largest absolute Gasteiger partial charge is 0.691 e. The van der Waals surface area contributed by atoms with Gasteiger partial charge in [0.25, 0.3) is 11.8 Å². The molecule has 1 unspecified atom stereocenters. The van der Waals surface area contributed by atoms with Crippen LogP contribution in [0.1, 0.15) is 13.3 Å². The minimum atomic E-state index is -0.939. The lowest BCUT2D eigenvalue weighted by Gasteiger charge is -2.11. The van der Waals surface area contributed by atoms with Crippen molar-refractivity contribution in [2.24, 2.45) is 0 Å². The van der Waals surface area contributed by atoms with E-state index in [2.05, 4.69) is 14.2 Å². The molecule has 0 bridgehead atoms. The van der Waals surface area contributed by atoms with Crippen molar-refractivity contribution >= 4 is 29.8 Å². The van der Waals surface area contributed by atoms with Crippen molar-refractivity contribution in [3.63, 3.8) is 0 Å². The van der Waals surface area contributed by atoms with Gasteiger partial charge in [0.1, 0.15) is 5.25 Å². The van der Waals surface area contributed by atoms with Crippen LogP contribution >= 0.6 is 12.0 Å². The lowest BCUT2D eigenvalue weighted by atomic mass is 10.4. The van der Waals surface area contributed by atoms with Crippen molar-refractivity contribution in [3.05, 3.63) is 0 Å². The summed E-state index contributed by atoms with van der Waals surface area (Å²) in [5.41, 5.74) is 0. The Balaban J connectivity index is 2.58. The minimum absolute atomic E-state index is 0.222. The van der Waals surface area contributed by atoms with Gasteiger partial charge in [0, 0.05) is 19.0 Å². The Morgan fingerprint density at radius 2 is 2.27 bits per heavy atom. The molecule has 1 rings (SSSR count). The van der Waals surface area contributed by atoms with Crippen LogP contribution in [0.3, 0.4) is 0 Å². The number of hydrogen-bond donors (Lipinski definition) is 0. The predicted octanol–water partition coefficient (Wildman–Crippen LogP) is -1.54. The van der Waals surface area contributed by atoms with Gasteiger partial charge in [0.2, 0.25) is 0 Å². The van der Waals surface area contributed by atoms with Gasteiger partial charge >= 0.3 is 5.97 Å². The maximum absolute atomic E-state index is 11.3. The highest BCUT2D eigenvalue weighted by molar-refractivity contribution is 7.96. The van der Waals surface area contributed by atoms with Crippen LogP contribution in [0.5, 0.6) is 0 Å². The van der Waals surface area contributed by atoms with E-state index in [-0.39, 0.29) is 6.42 Å². The Kier molecular flexibility index (Phi) is 4.03. The molecule has 1 saturated heterocycles. The molecule has 8 nitrogen and oxygen atoms in total. The van der Waals surface area contributed by atoms with Gasteiger partial charge < -0.3 is 10.1 Å². The van der Waals surface area contributed by atoms with Gasteiger partial charge in [-0.3, -0.25) is 14.6 Å². The first-order chi connectivity index (χ1) is 7.06. The molecule has 1 fully saturated rings. The van der Waals surface area contributed by atoms with Crippen LogP contribution in [0.25, 0.3) is 0 Å². The number of carbonyl (C=O) groups excluding carboxylic acids is 3. The SMILES string of the molecule is CC(=O)ON1C(=O)CC(SOO[O-])C1=O. The summed E-state index contributed by atoms with van der Waals surface area (Å²) in [6.07, 6.45) is -0.222. The van der Waals surface area contributed by atoms with Crippen molar-refractivity contribution in [1.82, 2.24) is 5.06 Å². The topological polar surface area (TPSA) is 105 Å². The third-order valence-electron chi connectivity index (χ3n) is 1.47. The maximum atomic E-state index is 11.3. The van der Waals surface area contributed by atoms with Gasteiger partial charge in [-0.25, -0.2) is 4.79 Å². The van der Waals surface area contributed by atoms with Crippen LogP contribution in [0, 0.1) is 0 Å². The van der Waals surface area contributed by atoms with Crippen molar-refractivity contribution in [2.75, 3.05) is 0 Å². The summed E-state index contributed by atoms with van der Waals surface area (Å²) in [4.78, 5) is 37.3. The molecule has 1 aliphatic rings. The molecule has 0 aromatic rings. The van der Waals surface area contributed by atoms with Crippen LogP contribution in [-0.4, -0.2) is 28.1 Å². The van der Waals surface area contributed by atoms with Gasteiger partial charge in [-0.15, -0.1) is 5.06 Å². The third-order valence-corrected chi connectivity index (χ3v) is 2.20. The maximum Gasteiger partial charge on any atom is 0.330 e. The van der Waals surface area contributed by atoms with Gasteiger partial charge in [0.15, 0.2) is 0 Å². The molecule has 0 N–H and O–H groups in total. The van der Waals surface area contributed by atoms with E-state index >= 15 is 0 Å². The molecule has 1 heterocycles. The lowest BCUT2D eigenvalue weighted by molar-refractivity contribution is -0.777. The first kappa shape index (κ1) is 11.9. The van der Waals surface area contributed by atoms with E-state index in [0.717, 1.165) is 6.92 Å². The highest BCUT2D eigenvalue weighted by atomic mass is 32.2. The zero-order chi connectivity index (χ0) is 11.4. The molecule has 0 saturated carbocycles. The monoisotopic (exact) mass is 236 g/mol. The molecule has 0 spiro atoms. The molecule has 0 aliphatic carbocycles. The number of rotatable bonds is 4. The molecule has 1 aliphatic heterocycles. The van der Waals surface area contributed by atoms with Crippen molar-refractivity contribution in [1.29, 1.82) is 0 Å². The molecule has 15 heavy (non-hydrogen) atoms. The van der Waals surface area contributed by atoms with Crippen LogP contribution < -0.4 is 5.26 Å². The van der Waals surface area contributed by atoms with Crippen molar-refractivity contribution in [2.45, 2.75) is 18.6 Å². The molecule has 84 valence electrons. The summed E-state index contributed by atoms with van der Waals surface area (Å²) in [5.74, 6) is -2.23. The molecule has 9 heteroatoms. The fourth-order valence-corrected chi connectivity index (χ4v) is 1.46. The fraction of sp³-hybridized carbons (Fsp3) is 0.500. The van der Waals surface area contributed by atoms with Gasteiger partial charge in [0.05, 0.1) is 6.42 Å². The van der Waals surface area contributed by atoms with E-state index in [1.165, 1.54) is 0 Å². The third kappa shape index (κ3) is 2.89. The average Bonchev–Trinajstić information content (AvgIpc) is 2.42. The Hall–Kier alpha value is -1.16. The van der Waals surface area contributed by atoms with E-state index in [9.17, 15) is 19.6 Å². The summed E-state index contributed by atoms with van der Waals surface area (Å²) in [5, 5.41) is 11.9. The fourth-order valence-electron chi connectivity index (χ4n) is 0.946. The standard InChI is InChI=1S/C6H7NO7S/c1-3(8)12-7-5(9)2-4(6(7)10)15-14-13-11/h4,11H,2H2,1H3/p-1. The van der Waals surface area contributed by atoms with E-state index in [0.29, 0.717) is 17.1 Å². The number of nitrogens with zero attached hydrogens (tertiary/aromatic N) is 1. The summed E-state index contributed by atoms with van der Waals surface area (Å²) in [7, 11) is 0. The summed E-state index contributed by atoms with van der Waals surface area (Å²) < 4.78 is 3.91. The van der Waals surface area contributed by atoms with E-state index < -0.39 is 23.0 Å². The van der Waals surface area contributed by atoms with Crippen molar-refractivity contribution < 1.29 is 33.9 Å². The highest BCUT2D eigenvalue weighted by Crippen LogP contribution is 2.25. The lowest BCUT2D eigenvalue weighted by Crippen LogP contribution is -2.33. The first-order valence-corrected chi connectivity index (χ1v) is 4.54. The quantitative estimate of drug-likeness (QED) is 0.250. The highest BCUT2D eigenvalue weighted by Gasteiger charge is 2.42. The second-order valence-electron chi connectivity index (χ2n) is 2.53. The molecule has 0 radical (unpaired) electrons. The number of hydroxylamine groups is 2. The molecule has 1 atom stereocenters. The van der Waals surface area contributed by atoms with Gasteiger partial charge in [-0.2, -0.15) is 4.33 Å². The summed E-state index contributed by atoms with van der Waals surface area (Å²) >= 11 is 0.389. The second kappa shape index (κ2) is 5.07. The van der Waals surface area contributed by atoms with Gasteiger partial charge in [-0.1, -0.05) is 0 Å². The zero-order valence-electron chi connectivity index (χ0n) is 7.50. The second-order valence-corrected chi connectivity index (χ2v) is 3.43. The number of carbonyl (C=O) groups is 3. The molecule has 0 aromatic carbocycles. The summed E-state index contributed by atoms with van der Waals surface area (Å²) in [6, 6.07) is 0. The van der Waals surface area contributed by atoms with Crippen LogP contribution in [-0.2, 0) is 28.6 Å².